The van der Waals surface area contributed by atoms with E-state index in [2.05, 4.69) is 10.2 Å². The third kappa shape index (κ3) is 2.71. The molecule has 0 saturated carbocycles. The zero-order valence-electron chi connectivity index (χ0n) is 12.6. The van der Waals surface area contributed by atoms with Crippen molar-refractivity contribution in [3.8, 4) is 5.75 Å². The third-order valence-electron chi connectivity index (χ3n) is 3.67. The van der Waals surface area contributed by atoms with Gasteiger partial charge in [-0.05, 0) is 18.4 Å². The van der Waals surface area contributed by atoms with Crippen molar-refractivity contribution in [2.45, 2.75) is 19.6 Å². The number of carbonyl (C=O) groups excluding carboxylic acids is 1. The Morgan fingerprint density at radius 1 is 1.59 bits per heavy atom. The molecule has 118 valence electrons. The van der Waals surface area contributed by atoms with Crippen LogP contribution in [0.1, 0.15) is 28.5 Å². The lowest BCUT2D eigenvalue weighted by atomic mass is 10.2. The number of amides is 1. The lowest BCUT2D eigenvalue weighted by Gasteiger charge is -2.32. The maximum atomic E-state index is 12.7. The molecule has 2 aromatic heterocycles. The van der Waals surface area contributed by atoms with Crippen LogP contribution in [0.5, 0.6) is 5.75 Å². The molecule has 7 nitrogen and oxygen atoms in total. The molecular weight excluding hydrogens is 304 g/mol. The fourth-order valence-corrected chi connectivity index (χ4v) is 3.33. The van der Waals surface area contributed by atoms with Crippen LogP contribution in [0.15, 0.2) is 17.8 Å². The number of aromatic nitrogens is 3. The zero-order chi connectivity index (χ0) is 15.5. The summed E-state index contributed by atoms with van der Waals surface area (Å²) < 4.78 is 12.9. The van der Waals surface area contributed by atoms with Crippen molar-refractivity contribution in [1.82, 2.24) is 19.7 Å². The highest BCUT2D eigenvalue weighted by molar-refractivity contribution is 7.12. The van der Waals surface area contributed by atoms with Crippen LogP contribution in [0.3, 0.4) is 0 Å². The van der Waals surface area contributed by atoms with Crippen LogP contribution in [0, 0.1) is 0 Å². The highest BCUT2D eigenvalue weighted by atomic mass is 32.1. The summed E-state index contributed by atoms with van der Waals surface area (Å²) in [5.74, 6) is 1.36. The van der Waals surface area contributed by atoms with Gasteiger partial charge in [-0.1, -0.05) is 0 Å². The molecule has 3 rings (SSSR count). The Labute approximate surface area is 132 Å². The minimum Gasteiger partial charge on any atom is -0.495 e. The molecule has 0 radical (unpaired) electrons. The van der Waals surface area contributed by atoms with E-state index in [4.69, 9.17) is 9.47 Å². The summed E-state index contributed by atoms with van der Waals surface area (Å²) in [5, 5.41) is 9.91. The van der Waals surface area contributed by atoms with E-state index in [-0.39, 0.29) is 12.0 Å². The number of ether oxygens (including phenoxy) is 2. The van der Waals surface area contributed by atoms with Gasteiger partial charge in [0.2, 0.25) is 0 Å². The number of morpholine rings is 1. The Bertz CT molecular complexity index is 654. The summed E-state index contributed by atoms with van der Waals surface area (Å²) in [5.41, 5.74) is 0. The SMILES string of the molecule is CCn1cnnc1[C@@H]1CN(C(=O)c2sccc2OC)CCO1. The van der Waals surface area contributed by atoms with Crippen LogP contribution in [0.4, 0.5) is 0 Å². The molecule has 0 spiro atoms. The highest BCUT2D eigenvalue weighted by Crippen LogP contribution is 2.28. The van der Waals surface area contributed by atoms with E-state index in [1.165, 1.54) is 11.3 Å². The molecule has 0 aromatic carbocycles. The molecule has 2 aromatic rings. The molecule has 1 amide bonds. The molecule has 0 bridgehead atoms. The summed E-state index contributed by atoms with van der Waals surface area (Å²) in [4.78, 5) is 15.1. The number of thiophene rings is 1. The van der Waals surface area contributed by atoms with Gasteiger partial charge in [-0.2, -0.15) is 0 Å². The van der Waals surface area contributed by atoms with E-state index in [1.54, 1.807) is 18.3 Å². The number of carbonyl (C=O) groups is 1. The number of methoxy groups -OCH3 is 1. The predicted octanol–water partition coefficient (Wildman–Crippen LogP) is 1.58. The molecule has 22 heavy (non-hydrogen) atoms. The van der Waals surface area contributed by atoms with Crippen molar-refractivity contribution in [3.05, 3.63) is 28.5 Å². The summed E-state index contributed by atoms with van der Waals surface area (Å²) in [7, 11) is 1.57. The maximum absolute atomic E-state index is 12.7. The van der Waals surface area contributed by atoms with Gasteiger partial charge in [-0.3, -0.25) is 4.79 Å². The van der Waals surface area contributed by atoms with E-state index in [1.807, 2.05) is 22.9 Å². The summed E-state index contributed by atoms with van der Waals surface area (Å²) in [6, 6.07) is 1.81. The van der Waals surface area contributed by atoms with Gasteiger partial charge in [0.1, 0.15) is 23.1 Å². The molecule has 1 aliphatic heterocycles. The van der Waals surface area contributed by atoms with E-state index < -0.39 is 0 Å². The normalized spacial score (nSPS) is 18.5. The van der Waals surface area contributed by atoms with Gasteiger partial charge in [0.05, 0.1) is 20.3 Å². The molecular formula is C14H18N4O3S. The molecule has 8 heteroatoms. The summed E-state index contributed by atoms with van der Waals surface area (Å²) >= 11 is 1.39. The summed E-state index contributed by atoms with van der Waals surface area (Å²) in [6.07, 6.45) is 1.44. The Balaban J connectivity index is 1.77. The first-order valence-electron chi connectivity index (χ1n) is 7.14. The van der Waals surface area contributed by atoms with E-state index in [0.717, 1.165) is 12.4 Å². The number of nitrogens with zero attached hydrogens (tertiary/aromatic N) is 4. The minimum absolute atomic E-state index is 0.0253. The van der Waals surface area contributed by atoms with Gasteiger partial charge in [-0.15, -0.1) is 21.5 Å². The fraction of sp³-hybridized carbons (Fsp3) is 0.500. The smallest absolute Gasteiger partial charge is 0.267 e. The van der Waals surface area contributed by atoms with E-state index in [0.29, 0.717) is 30.3 Å². The van der Waals surface area contributed by atoms with Gasteiger partial charge < -0.3 is 18.9 Å². The molecule has 1 fully saturated rings. The zero-order valence-corrected chi connectivity index (χ0v) is 13.4. The second kappa shape index (κ2) is 6.45. The topological polar surface area (TPSA) is 69.5 Å². The quantitative estimate of drug-likeness (QED) is 0.855. The molecule has 0 aliphatic carbocycles. The van der Waals surface area contributed by atoms with Crippen molar-refractivity contribution in [2.75, 3.05) is 26.8 Å². The average molecular weight is 322 g/mol. The molecule has 3 heterocycles. The van der Waals surface area contributed by atoms with Crippen LogP contribution < -0.4 is 4.74 Å². The molecule has 1 aliphatic rings. The maximum Gasteiger partial charge on any atom is 0.267 e. The third-order valence-corrected chi connectivity index (χ3v) is 4.55. The van der Waals surface area contributed by atoms with Crippen molar-refractivity contribution in [3.63, 3.8) is 0 Å². The van der Waals surface area contributed by atoms with Gasteiger partial charge >= 0.3 is 0 Å². The number of aryl methyl sites for hydroxylation is 1. The fourth-order valence-electron chi connectivity index (χ4n) is 2.50. The molecule has 0 N–H and O–H groups in total. The van der Waals surface area contributed by atoms with Gasteiger partial charge in [0.25, 0.3) is 5.91 Å². The van der Waals surface area contributed by atoms with Crippen molar-refractivity contribution in [1.29, 1.82) is 0 Å². The Morgan fingerprint density at radius 3 is 3.23 bits per heavy atom. The molecule has 0 unspecified atom stereocenters. The van der Waals surface area contributed by atoms with Crippen LogP contribution in [-0.2, 0) is 11.3 Å². The average Bonchev–Trinajstić information content (AvgIpc) is 3.22. The Hall–Kier alpha value is -1.93. The van der Waals surface area contributed by atoms with Gasteiger partial charge in [-0.25, -0.2) is 0 Å². The number of hydrogen-bond donors (Lipinski definition) is 0. The van der Waals surface area contributed by atoms with Gasteiger partial charge in [0, 0.05) is 13.1 Å². The van der Waals surface area contributed by atoms with E-state index >= 15 is 0 Å². The summed E-state index contributed by atoms with van der Waals surface area (Å²) in [6.45, 7) is 4.32. The first-order valence-corrected chi connectivity index (χ1v) is 8.02. The lowest BCUT2D eigenvalue weighted by molar-refractivity contribution is -0.0283. The van der Waals surface area contributed by atoms with Gasteiger partial charge in [0.15, 0.2) is 5.82 Å². The van der Waals surface area contributed by atoms with Crippen molar-refractivity contribution >= 4 is 17.2 Å². The number of rotatable bonds is 4. The monoisotopic (exact) mass is 322 g/mol. The number of hydrogen-bond acceptors (Lipinski definition) is 6. The first kappa shape index (κ1) is 15.0. The molecule has 1 atom stereocenters. The van der Waals surface area contributed by atoms with Crippen molar-refractivity contribution in [2.24, 2.45) is 0 Å². The second-order valence-corrected chi connectivity index (χ2v) is 5.82. The highest BCUT2D eigenvalue weighted by Gasteiger charge is 2.30. The standard InChI is InChI=1S/C14H18N4O3S/c1-3-17-9-15-16-13(17)11-8-18(5-6-21-11)14(19)12-10(20-2)4-7-22-12/h4,7,9,11H,3,5-6,8H2,1-2H3/t11-/m0/s1. The Morgan fingerprint density at radius 2 is 2.45 bits per heavy atom. The Kier molecular flexibility index (Phi) is 4.39. The molecule has 1 saturated heterocycles. The second-order valence-electron chi connectivity index (χ2n) is 4.90. The van der Waals surface area contributed by atoms with E-state index in [9.17, 15) is 4.79 Å². The van der Waals surface area contributed by atoms with Crippen LogP contribution >= 0.6 is 11.3 Å². The van der Waals surface area contributed by atoms with Crippen LogP contribution in [0.25, 0.3) is 0 Å². The first-order chi connectivity index (χ1) is 10.7. The largest absolute Gasteiger partial charge is 0.495 e. The van der Waals surface area contributed by atoms with Crippen LogP contribution in [-0.4, -0.2) is 52.4 Å². The van der Waals surface area contributed by atoms with Crippen LogP contribution in [0.2, 0.25) is 0 Å². The lowest BCUT2D eigenvalue weighted by Crippen LogP contribution is -2.42. The minimum atomic E-state index is -0.244. The predicted molar refractivity (Wildman–Crippen MR) is 81.2 cm³/mol. The van der Waals surface area contributed by atoms with Crippen molar-refractivity contribution < 1.29 is 14.3 Å².